The van der Waals surface area contributed by atoms with Crippen molar-refractivity contribution in [3.8, 4) is 5.75 Å². The van der Waals surface area contributed by atoms with Crippen molar-refractivity contribution in [1.82, 2.24) is 5.32 Å². The van der Waals surface area contributed by atoms with Crippen LogP contribution in [0.4, 0.5) is 0 Å². The first-order valence-corrected chi connectivity index (χ1v) is 7.66. The maximum atomic E-state index is 6.25. The van der Waals surface area contributed by atoms with Crippen LogP contribution in [-0.4, -0.2) is 26.9 Å². The van der Waals surface area contributed by atoms with Gasteiger partial charge in [0.15, 0.2) is 0 Å². The van der Waals surface area contributed by atoms with E-state index < -0.39 is 0 Å². The van der Waals surface area contributed by atoms with E-state index in [0.29, 0.717) is 24.2 Å². The molecule has 20 heavy (non-hydrogen) atoms. The van der Waals surface area contributed by atoms with E-state index in [1.54, 1.807) is 7.11 Å². The summed E-state index contributed by atoms with van der Waals surface area (Å²) in [4.78, 5) is 0. The minimum atomic E-state index is 0.547. The van der Waals surface area contributed by atoms with Crippen LogP contribution in [0, 0.1) is 5.92 Å². The Balaban J connectivity index is 2.58. The zero-order valence-electron chi connectivity index (χ0n) is 12.7. The molecule has 0 heterocycles. The Labute approximate surface area is 127 Å². The molecule has 1 unspecified atom stereocenters. The molecule has 0 aromatic heterocycles. The number of ether oxygens (including phenoxy) is 2. The van der Waals surface area contributed by atoms with E-state index in [2.05, 4.69) is 19.2 Å². The molecule has 0 bridgehead atoms. The average molecular weight is 300 g/mol. The lowest BCUT2D eigenvalue weighted by molar-refractivity contribution is 0.198. The molecule has 1 aromatic rings. The summed E-state index contributed by atoms with van der Waals surface area (Å²) in [6.45, 7) is 7.36. The molecule has 0 aliphatic heterocycles. The first-order chi connectivity index (χ1) is 9.69. The van der Waals surface area contributed by atoms with Crippen molar-refractivity contribution in [3.63, 3.8) is 0 Å². The van der Waals surface area contributed by atoms with Gasteiger partial charge in [0.2, 0.25) is 0 Å². The lowest BCUT2D eigenvalue weighted by atomic mass is 10.1. The van der Waals surface area contributed by atoms with Gasteiger partial charge in [0.25, 0.3) is 0 Å². The van der Waals surface area contributed by atoms with Crippen molar-refractivity contribution in [2.24, 2.45) is 5.92 Å². The molecular weight excluding hydrogens is 274 g/mol. The largest absolute Gasteiger partial charge is 0.491 e. The highest BCUT2D eigenvalue weighted by molar-refractivity contribution is 6.32. The summed E-state index contributed by atoms with van der Waals surface area (Å²) >= 11 is 6.25. The highest BCUT2D eigenvalue weighted by Crippen LogP contribution is 2.29. The van der Waals surface area contributed by atoms with Crippen LogP contribution < -0.4 is 10.1 Å². The number of nitrogens with one attached hydrogen (secondary N) is 1. The van der Waals surface area contributed by atoms with Gasteiger partial charge >= 0.3 is 0 Å². The fraction of sp³-hybridized carbons (Fsp3) is 0.625. The summed E-state index contributed by atoms with van der Waals surface area (Å²) < 4.78 is 11.0. The molecule has 0 aliphatic carbocycles. The molecular formula is C16H26ClNO2. The van der Waals surface area contributed by atoms with Gasteiger partial charge in [-0.1, -0.05) is 44.0 Å². The van der Waals surface area contributed by atoms with Crippen molar-refractivity contribution in [2.75, 3.05) is 26.9 Å². The molecule has 3 nitrogen and oxygen atoms in total. The highest BCUT2D eigenvalue weighted by atomic mass is 35.5. The van der Waals surface area contributed by atoms with E-state index in [1.807, 2.05) is 18.2 Å². The Hall–Kier alpha value is -0.770. The Morgan fingerprint density at radius 1 is 1.35 bits per heavy atom. The number of rotatable bonds is 10. The average Bonchev–Trinajstić information content (AvgIpc) is 2.43. The van der Waals surface area contributed by atoms with Gasteiger partial charge in [0.05, 0.1) is 18.2 Å². The second-order valence-electron chi connectivity index (χ2n) is 5.10. The third-order valence-corrected chi connectivity index (χ3v) is 3.44. The van der Waals surface area contributed by atoms with Crippen molar-refractivity contribution in [3.05, 3.63) is 28.8 Å². The summed E-state index contributed by atoms with van der Waals surface area (Å²) in [6.07, 6.45) is 2.35. The number of halogens is 1. The molecule has 114 valence electrons. The van der Waals surface area contributed by atoms with E-state index in [-0.39, 0.29) is 0 Å². The van der Waals surface area contributed by atoms with Crippen LogP contribution in [0.25, 0.3) is 0 Å². The van der Waals surface area contributed by atoms with Gasteiger partial charge in [-0.25, -0.2) is 0 Å². The minimum Gasteiger partial charge on any atom is -0.491 e. The monoisotopic (exact) mass is 299 g/mol. The third-order valence-electron chi connectivity index (χ3n) is 3.14. The summed E-state index contributed by atoms with van der Waals surface area (Å²) in [5, 5.41) is 4.00. The number of hydrogen-bond acceptors (Lipinski definition) is 3. The van der Waals surface area contributed by atoms with Crippen LogP contribution in [0.2, 0.25) is 5.02 Å². The van der Waals surface area contributed by atoms with Crippen molar-refractivity contribution in [1.29, 1.82) is 0 Å². The van der Waals surface area contributed by atoms with Gasteiger partial charge < -0.3 is 14.8 Å². The van der Waals surface area contributed by atoms with Crippen LogP contribution in [0.15, 0.2) is 18.2 Å². The molecule has 1 rings (SSSR count). The molecule has 1 atom stereocenters. The SMILES string of the molecule is CCCC(C)COc1c(Cl)cccc1CNCCOC. The second-order valence-corrected chi connectivity index (χ2v) is 5.51. The van der Waals surface area contributed by atoms with Gasteiger partial charge in [-0.05, 0) is 18.4 Å². The maximum Gasteiger partial charge on any atom is 0.142 e. The Kier molecular flexibility index (Phi) is 8.67. The predicted octanol–water partition coefficient (Wildman–Crippen LogP) is 3.89. The fourth-order valence-electron chi connectivity index (χ4n) is 2.05. The van der Waals surface area contributed by atoms with E-state index in [9.17, 15) is 0 Å². The van der Waals surface area contributed by atoms with Crippen LogP contribution in [0.5, 0.6) is 5.75 Å². The number of para-hydroxylation sites is 1. The molecule has 0 amide bonds. The summed E-state index contributed by atoms with van der Waals surface area (Å²) in [5.74, 6) is 1.35. The molecule has 0 saturated carbocycles. The minimum absolute atomic E-state index is 0.547. The van der Waals surface area contributed by atoms with E-state index in [1.165, 1.54) is 12.8 Å². The Morgan fingerprint density at radius 3 is 2.85 bits per heavy atom. The summed E-state index contributed by atoms with van der Waals surface area (Å²) in [5.41, 5.74) is 1.09. The standard InChI is InChI=1S/C16H26ClNO2/c1-4-6-13(2)12-20-16-14(7-5-8-15(16)17)11-18-9-10-19-3/h5,7-8,13,18H,4,6,9-12H2,1-3H3. The van der Waals surface area contributed by atoms with Gasteiger partial charge in [-0.15, -0.1) is 0 Å². The van der Waals surface area contributed by atoms with Crippen molar-refractivity contribution in [2.45, 2.75) is 33.2 Å². The normalized spacial score (nSPS) is 12.4. The summed E-state index contributed by atoms with van der Waals surface area (Å²) in [6, 6.07) is 5.88. The zero-order chi connectivity index (χ0) is 14.8. The Bertz CT molecular complexity index is 385. The van der Waals surface area contributed by atoms with Crippen molar-refractivity contribution < 1.29 is 9.47 Å². The smallest absolute Gasteiger partial charge is 0.142 e. The molecule has 0 saturated heterocycles. The van der Waals surface area contributed by atoms with Crippen LogP contribution >= 0.6 is 11.6 Å². The topological polar surface area (TPSA) is 30.5 Å². The lowest BCUT2D eigenvalue weighted by Crippen LogP contribution is -2.19. The molecule has 4 heteroatoms. The van der Waals surface area contributed by atoms with Crippen LogP contribution in [0.1, 0.15) is 32.3 Å². The van der Waals surface area contributed by atoms with Gasteiger partial charge in [-0.2, -0.15) is 0 Å². The number of benzene rings is 1. The molecule has 1 N–H and O–H groups in total. The molecule has 0 fully saturated rings. The van der Waals surface area contributed by atoms with Crippen LogP contribution in [-0.2, 0) is 11.3 Å². The quantitative estimate of drug-likeness (QED) is 0.665. The molecule has 1 aromatic carbocycles. The third kappa shape index (κ3) is 6.12. The molecule has 0 radical (unpaired) electrons. The number of hydrogen-bond donors (Lipinski definition) is 1. The number of methoxy groups -OCH3 is 1. The Morgan fingerprint density at radius 2 is 2.15 bits per heavy atom. The maximum absolute atomic E-state index is 6.25. The van der Waals surface area contributed by atoms with Gasteiger partial charge in [0, 0.05) is 25.8 Å². The fourth-order valence-corrected chi connectivity index (χ4v) is 2.30. The van der Waals surface area contributed by atoms with Gasteiger partial charge in [0.1, 0.15) is 5.75 Å². The second kappa shape index (κ2) is 10.0. The molecule has 0 spiro atoms. The predicted molar refractivity (Wildman–Crippen MR) is 84.6 cm³/mol. The highest BCUT2D eigenvalue weighted by Gasteiger charge is 2.10. The first kappa shape index (κ1) is 17.3. The zero-order valence-corrected chi connectivity index (χ0v) is 13.5. The van der Waals surface area contributed by atoms with E-state index >= 15 is 0 Å². The van der Waals surface area contributed by atoms with E-state index in [4.69, 9.17) is 21.1 Å². The van der Waals surface area contributed by atoms with Crippen LogP contribution in [0.3, 0.4) is 0 Å². The van der Waals surface area contributed by atoms with Gasteiger partial charge in [-0.3, -0.25) is 0 Å². The van der Waals surface area contributed by atoms with E-state index in [0.717, 1.165) is 24.4 Å². The van der Waals surface area contributed by atoms with Crippen molar-refractivity contribution >= 4 is 11.6 Å². The first-order valence-electron chi connectivity index (χ1n) is 7.28. The lowest BCUT2D eigenvalue weighted by Gasteiger charge is -2.16. The summed E-state index contributed by atoms with van der Waals surface area (Å²) in [7, 11) is 1.70. The molecule has 0 aliphatic rings.